The molecule has 4 aromatic rings. The van der Waals surface area contributed by atoms with Crippen LogP contribution in [-0.2, 0) is 16.4 Å². The van der Waals surface area contributed by atoms with Gasteiger partial charge in [-0.3, -0.25) is 14.0 Å². The smallest absolute Gasteiger partial charge is 0.264 e. The average Bonchev–Trinajstić information content (AvgIpc) is 3.64. The fourth-order valence-electron chi connectivity index (χ4n) is 5.07. The van der Waals surface area contributed by atoms with Gasteiger partial charge in [-0.25, -0.2) is 13.4 Å². The Labute approximate surface area is 245 Å². The van der Waals surface area contributed by atoms with E-state index >= 15 is 0 Å². The zero-order valence-electron chi connectivity index (χ0n) is 23.7. The van der Waals surface area contributed by atoms with E-state index in [2.05, 4.69) is 18.7 Å². The number of thiazole rings is 1. The fourth-order valence-corrected chi connectivity index (χ4v) is 7.67. The highest BCUT2D eigenvalue weighted by Crippen LogP contribution is 2.40. The van der Waals surface area contributed by atoms with Gasteiger partial charge in [0.15, 0.2) is 5.13 Å². The van der Waals surface area contributed by atoms with Crippen LogP contribution in [0.3, 0.4) is 0 Å². The third kappa shape index (κ3) is 5.49. The van der Waals surface area contributed by atoms with E-state index in [4.69, 9.17) is 14.5 Å². The number of sulfonamides is 1. The summed E-state index contributed by atoms with van der Waals surface area (Å²) in [4.78, 5) is 22.8. The molecule has 0 aliphatic carbocycles. The van der Waals surface area contributed by atoms with E-state index in [0.29, 0.717) is 59.5 Å². The lowest BCUT2D eigenvalue weighted by Gasteiger charge is -2.25. The minimum atomic E-state index is -3.76. The van der Waals surface area contributed by atoms with Crippen molar-refractivity contribution in [3.8, 4) is 11.5 Å². The Balaban J connectivity index is 1.47. The quantitative estimate of drug-likeness (QED) is 0.240. The first kappa shape index (κ1) is 28.8. The number of ether oxygens (including phenoxy) is 2. The van der Waals surface area contributed by atoms with Crippen LogP contribution < -0.4 is 18.7 Å². The zero-order valence-corrected chi connectivity index (χ0v) is 25.3. The van der Waals surface area contributed by atoms with Crippen LogP contribution in [0.25, 0.3) is 10.2 Å². The van der Waals surface area contributed by atoms with Gasteiger partial charge >= 0.3 is 0 Å². The number of methoxy groups -OCH3 is 2. The van der Waals surface area contributed by atoms with Crippen molar-refractivity contribution in [2.24, 2.45) is 0 Å². The summed E-state index contributed by atoms with van der Waals surface area (Å²) in [5.41, 5.74) is 2.72. The van der Waals surface area contributed by atoms with Crippen molar-refractivity contribution in [1.29, 1.82) is 0 Å². The first-order valence-corrected chi connectivity index (χ1v) is 15.8. The van der Waals surface area contributed by atoms with Crippen LogP contribution in [0, 0.1) is 0 Å². The van der Waals surface area contributed by atoms with Gasteiger partial charge in [-0.15, -0.1) is 0 Å². The maximum absolute atomic E-state index is 14.0. The van der Waals surface area contributed by atoms with Crippen LogP contribution in [0.1, 0.15) is 29.8 Å². The van der Waals surface area contributed by atoms with Crippen molar-refractivity contribution in [2.45, 2.75) is 25.2 Å². The van der Waals surface area contributed by atoms with Gasteiger partial charge < -0.3 is 14.4 Å². The molecule has 0 saturated heterocycles. The molecular weight excluding hydrogens is 560 g/mol. The predicted molar refractivity (Wildman–Crippen MR) is 163 cm³/mol. The summed E-state index contributed by atoms with van der Waals surface area (Å²) >= 11 is 1.36. The Morgan fingerprint density at radius 3 is 2.32 bits per heavy atom. The first-order chi connectivity index (χ1) is 19.8. The number of benzene rings is 3. The number of para-hydroxylation sites is 1. The maximum atomic E-state index is 14.0. The molecule has 0 spiro atoms. The molecule has 5 rings (SSSR count). The van der Waals surface area contributed by atoms with Gasteiger partial charge in [-0.2, -0.15) is 0 Å². The predicted octanol–water partition coefficient (Wildman–Crippen LogP) is 5.05. The summed E-state index contributed by atoms with van der Waals surface area (Å²) in [7, 11) is -0.584. The maximum Gasteiger partial charge on any atom is 0.264 e. The van der Waals surface area contributed by atoms with Crippen molar-refractivity contribution in [3.63, 3.8) is 0 Å². The number of amides is 1. The average molecular weight is 595 g/mol. The molecule has 216 valence electrons. The number of carbonyl (C=O) groups excluding carboxylic acids is 1. The molecule has 11 heteroatoms. The van der Waals surface area contributed by atoms with Crippen LogP contribution in [0.2, 0.25) is 0 Å². The van der Waals surface area contributed by atoms with Gasteiger partial charge in [0.2, 0.25) is 0 Å². The Bertz CT molecular complexity index is 1610. The van der Waals surface area contributed by atoms with Gasteiger partial charge in [-0.1, -0.05) is 43.4 Å². The molecule has 3 aromatic carbocycles. The summed E-state index contributed by atoms with van der Waals surface area (Å²) < 4.78 is 40.3. The third-order valence-corrected chi connectivity index (χ3v) is 10.4. The van der Waals surface area contributed by atoms with E-state index < -0.39 is 10.0 Å². The number of anilines is 2. The Morgan fingerprint density at radius 2 is 1.63 bits per heavy atom. The summed E-state index contributed by atoms with van der Waals surface area (Å²) in [6.45, 7) is 7.34. The molecule has 0 N–H and O–H groups in total. The van der Waals surface area contributed by atoms with Crippen molar-refractivity contribution >= 4 is 48.3 Å². The lowest BCUT2D eigenvalue weighted by atomic mass is 10.2. The van der Waals surface area contributed by atoms with Crippen LogP contribution in [0.5, 0.6) is 11.5 Å². The highest BCUT2D eigenvalue weighted by molar-refractivity contribution is 7.92. The topological polar surface area (TPSA) is 92.3 Å². The molecule has 41 heavy (non-hydrogen) atoms. The van der Waals surface area contributed by atoms with E-state index in [9.17, 15) is 13.2 Å². The molecule has 1 aromatic heterocycles. The number of rotatable bonds is 11. The van der Waals surface area contributed by atoms with E-state index in [1.165, 1.54) is 27.8 Å². The molecule has 0 unspecified atom stereocenters. The minimum Gasteiger partial charge on any atom is -0.495 e. The summed E-state index contributed by atoms with van der Waals surface area (Å²) in [5, 5.41) is 0.519. The van der Waals surface area contributed by atoms with E-state index in [1.54, 1.807) is 37.3 Å². The zero-order chi connectivity index (χ0) is 29.1. The van der Waals surface area contributed by atoms with E-state index in [-0.39, 0.29) is 10.8 Å². The van der Waals surface area contributed by atoms with Gasteiger partial charge in [0.1, 0.15) is 21.7 Å². The second-order valence-electron chi connectivity index (χ2n) is 9.61. The van der Waals surface area contributed by atoms with Gasteiger partial charge in [0.25, 0.3) is 15.9 Å². The van der Waals surface area contributed by atoms with Crippen molar-refractivity contribution in [3.05, 3.63) is 71.8 Å². The molecule has 0 bridgehead atoms. The molecule has 1 aliphatic heterocycles. The fraction of sp³-hybridized carbons (Fsp3) is 0.333. The van der Waals surface area contributed by atoms with E-state index in [1.807, 2.05) is 30.3 Å². The third-order valence-electron chi connectivity index (χ3n) is 7.44. The van der Waals surface area contributed by atoms with Crippen molar-refractivity contribution < 1.29 is 22.7 Å². The SMILES string of the molecule is CCN(CC)CCN(C(=O)c1ccc(S(=O)(=O)N2CCc3ccccc32)cc1)c1nc2c(OC)ccc(OC)c2s1. The highest BCUT2D eigenvalue weighted by Gasteiger charge is 2.31. The Kier molecular flexibility index (Phi) is 8.48. The molecule has 0 saturated carbocycles. The standard InChI is InChI=1S/C30H34N4O5S2/c1-5-32(6-2)19-20-33(30-31-27-25(38-3)15-16-26(39-4)28(27)40-30)29(35)22-11-13-23(14-12-22)41(36,37)34-18-17-21-9-7-8-10-24(21)34/h7-16H,5-6,17-20H2,1-4H3. The number of aromatic nitrogens is 1. The van der Waals surface area contributed by atoms with Crippen LogP contribution >= 0.6 is 11.3 Å². The normalized spacial score (nSPS) is 13.0. The van der Waals surface area contributed by atoms with Crippen LogP contribution in [0.4, 0.5) is 10.8 Å². The van der Waals surface area contributed by atoms with Crippen molar-refractivity contribution in [2.75, 3.05) is 56.1 Å². The Morgan fingerprint density at radius 1 is 0.951 bits per heavy atom. The molecule has 0 radical (unpaired) electrons. The molecular formula is C30H34N4O5S2. The minimum absolute atomic E-state index is 0.148. The van der Waals surface area contributed by atoms with Crippen molar-refractivity contribution in [1.82, 2.24) is 9.88 Å². The lowest BCUT2D eigenvalue weighted by Crippen LogP contribution is -2.39. The lowest BCUT2D eigenvalue weighted by molar-refractivity contribution is 0.0983. The second kappa shape index (κ2) is 12.1. The number of nitrogens with zero attached hydrogens (tertiary/aromatic N) is 4. The molecule has 1 amide bonds. The van der Waals surface area contributed by atoms with Gasteiger partial charge in [0.05, 0.1) is 24.8 Å². The summed E-state index contributed by atoms with van der Waals surface area (Å²) in [6.07, 6.45) is 0.672. The number of fused-ring (bicyclic) bond motifs is 2. The number of carbonyl (C=O) groups is 1. The Hall–Kier alpha value is -3.67. The second-order valence-corrected chi connectivity index (χ2v) is 12.4. The number of hydrogen-bond acceptors (Lipinski definition) is 8. The van der Waals surface area contributed by atoms with Crippen LogP contribution in [-0.4, -0.2) is 71.2 Å². The van der Waals surface area contributed by atoms with Gasteiger partial charge in [-0.05, 0) is 67.5 Å². The number of hydrogen-bond donors (Lipinski definition) is 0. The summed E-state index contributed by atoms with van der Waals surface area (Å²) in [6, 6.07) is 17.3. The number of likely N-dealkylation sites (N-methyl/N-ethyl adjacent to an activating group) is 1. The highest BCUT2D eigenvalue weighted by atomic mass is 32.2. The molecule has 0 atom stereocenters. The van der Waals surface area contributed by atoms with E-state index in [0.717, 1.165) is 23.4 Å². The first-order valence-electron chi connectivity index (χ1n) is 13.6. The molecule has 0 fully saturated rings. The summed E-state index contributed by atoms with van der Waals surface area (Å²) in [5.74, 6) is 0.987. The van der Waals surface area contributed by atoms with Crippen LogP contribution in [0.15, 0.2) is 65.6 Å². The largest absolute Gasteiger partial charge is 0.495 e. The molecule has 1 aliphatic rings. The monoisotopic (exact) mass is 594 g/mol. The van der Waals surface area contributed by atoms with Gasteiger partial charge in [0, 0.05) is 25.2 Å². The molecule has 9 nitrogen and oxygen atoms in total. The molecule has 2 heterocycles.